The van der Waals surface area contributed by atoms with E-state index in [0.29, 0.717) is 0 Å². The van der Waals surface area contributed by atoms with E-state index in [1.807, 2.05) is 11.8 Å². The molecule has 1 N–H and O–H groups in total. The molecule has 0 atom stereocenters. The zero-order chi connectivity index (χ0) is 9.40. The van der Waals surface area contributed by atoms with E-state index in [4.69, 9.17) is 5.11 Å². The molecule has 1 nitrogen and oxygen atoms in total. The third-order valence-electron chi connectivity index (χ3n) is 1.57. The van der Waals surface area contributed by atoms with Crippen LogP contribution in [0, 0.1) is 0 Å². The highest BCUT2D eigenvalue weighted by Gasteiger charge is 1.94. The Morgan fingerprint density at radius 3 is 2.25 bits per heavy atom. The van der Waals surface area contributed by atoms with Crippen LogP contribution in [-0.2, 0) is 6.42 Å². The van der Waals surface area contributed by atoms with E-state index < -0.39 is 0 Å². The number of hydrogen-bond acceptors (Lipinski definition) is 2. The fourth-order valence-electron chi connectivity index (χ4n) is 0.995. The molecule has 0 saturated heterocycles. The van der Waals surface area contributed by atoms with Crippen molar-refractivity contribution in [2.24, 2.45) is 0 Å². The summed E-state index contributed by atoms with van der Waals surface area (Å²) in [5, 5.41) is 7.00. The molecule has 0 spiro atoms. The van der Waals surface area contributed by atoms with Crippen molar-refractivity contribution in [3.05, 3.63) is 29.8 Å². The maximum atomic E-state index is 7.00. The number of thioether (sulfide) groups is 1. The van der Waals surface area contributed by atoms with Crippen molar-refractivity contribution < 1.29 is 5.11 Å². The summed E-state index contributed by atoms with van der Waals surface area (Å²) in [7, 11) is 1.00. The van der Waals surface area contributed by atoms with Gasteiger partial charge in [-0.1, -0.05) is 25.1 Å². The van der Waals surface area contributed by atoms with E-state index in [9.17, 15) is 0 Å². The molecule has 0 aliphatic carbocycles. The SMILES string of the molecule is CCc1ccccc1SC.CO. The Morgan fingerprint density at radius 1 is 1.25 bits per heavy atom. The molecule has 0 heterocycles. The van der Waals surface area contributed by atoms with Crippen LogP contribution in [0.25, 0.3) is 0 Å². The first-order chi connectivity index (χ1) is 5.88. The highest BCUT2D eigenvalue weighted by molar-refractivity contribution is 7.98. The smallest absolute Gasteiger partial charge is 0.0319 e. The van der Waals surface area contributed by atoms with E-state index in [0.717, 1.165) is 13.5 Å². The molecule has 0 radical (unpaired) electrons. The minimum absolute atomic E-state index is 1.00. The largest absolute Gasteiger partial charge is 0.400 e. The molecule has 68 valence electrons. The fraction of sp³-hybridized carbons (Fsp3) is 0.400. The molecular formula is C10H16OS. The van der Waals surface area contributed by atoms with Gasteiger partial charge in [-0.05, 0) is 24.3 Å². The molecule has 2 heteroatoms. The standard InChI is InChI=1S/C9H12S.CH4O/c1-3-8-6-4-5-7-9(8)10-2;1-2/h4-7H,3H2,1-2H3;2H,1H3. The van der Waals surface area contributed by atoms with Gasteiger partial charge in [0.2, 0.25) is 0 Å². The number of benzene rings is 1. The number of aryl methyl sites for hydroxylation is 1. The maximum absolute atomic E-state index is 7.00. The normalized spacial score (nSPS) is 8.67. The minimum atomic E-state index is 1.00. The van der Waals surface area contributed by atoms with Crippen LogP contribution in [0.5, 0.6) is 0 Å². The predicted molar refractivity (Wildman–Crippen MR) is 55.7 cm³/mol. The van der Waals surface area contributed by atoms with Gasteiger partial charge in [-0.25, -0.2) is 0 Å². The van der Waals surface area contributed by atoms with Crippen molar-refractivity contribution in [1.29, 1.82) is 0 Å². The lowest BCUT2D eigenvalue weighted by atomic mass is 10.2. The Labute approximate surface area is 78.8 Å². The lowest BCUT2D eigenvalue weighted by molar-refractivity contribution is 0.399. The summed E-state index contributed by atoms with van der Waals surface area (Å²) >= 11 is 1.82. The molecule has 1 aromatic rings. The maximum Gasteiger partial charge on any atom is 0.0319 e. The van der Waals surface area contributed by atoms with Gasteiger partial charge < -0.3 is 5.11 Å². The van der Waals surface area contributed by atoms with Crippen LogP contribution in [0.1, 0.15) is 12.5 Å². The Morgan fingerprint density at radius 2 is 1.83 bits per heavy atom. The van der Waals surface area contributed by atoms with E-state index in [1.165, 1.54) is 10.5 Å². The monoisotopic (exact) mass is 184 g/mol. The molecular weight excluding hydrogens is 168 g/mol. The van der Waals surface area contributed by atoms with Crippen LogP contribution in [0.2, 0.25) is 0 Å². The lowest BCUT2D eigenvalue weighted by Crippen LogP contribution is -1.81. The lowest BCUT2D eigenvalue weighted by Gasteiger charge is -2.01. The van der Waals surface area contributed by atoms with Gasteiger partial charge in [0.05, 0.1) is 0 Å². The molecule has 1 rings (SSSR count). The highest BCUT2D eigenvalue weighted by Crippen LogP contribution is 2.19. The van der Waals surface area contributed by atoms with Gasteiger partial charge in [0.25, 0.3) is 0 Å². The van der Waals surface area contributed by atoms with Crippen molar-refractivity contribution in [2.75, 3.05) is 13.4 Å². The van der Waals surface area contributed by atoms with Gasteiger partial charge in [0.15, 0.2) is 0 Å². The summed E-state index contributed by atoms with van der Waals surface area (Å²) in [5.74, 6) is 0. The summed E-state index contributed by atoms with van der Waals surface area (Å²) in [4.78, 5) is 1.41. The second-order valence-corrected chi connectivity index (χ2v) is 3.01. The quantitative estimate of drug-likeness (QED) is 0.713. The molecule has 0 amide bonds. The zero-order valence-corrected chi connectivity index (χ0v) is 8.69. The average Bonchev–Trinajstić information content (AvgIpc) is 2.20. The molecule has 0 aromatic heterocycles. The summed E-state index contributed by atoms with van der Waals surface area (Å²) in [6, 6.07) is 8.54. The van der Waals surface area contributed by atoms with Gasteiger partial charge in [0, 0.05) is 12.0 Å². The molecule has 0 bridgehead atoms. The van der Waals surface area contributed by atoms with Crippen LogP contribution in [0.3, 0.4) is 0 Å². The van der Waals surface area contributed by atoms with E-state index in [-0.39, 0.29) is 0 Å². The predicted octanol–water partition coefficient (Wildman–Crippen LogP) is 2.58. The second kappa shape index (κ2) is 7.19. The summed E-state index contributed by atoms with van der Waals surface area (Å²) in [6.45, 7) is 2.19. The third-order valence-corrected chi connectivity index (χ3v) is 2.41. The van der Waals surface area contributed by atoms with Crippen molar-refractivity contribution in [1.82, 2.24) is 0 Å². The first-order valence-electron chi connectivity index (χ1n) is 3.95. The van der Waals surface area contributed by atoms with Gasteiger partial charge >= 0.3 is 0 Å². The Kier molecular flexibility index (Phi) is 6.91. The zero-order valence-electron chi connectivity index (χ0n) is 7.87. The number of aliphatic hydroxyl groups excluding tert-OH is 1. The Bertz CT molecular complexity index is 188. The molecule has 0 fully saturated rings. The van der Waals surface area contributed by atoms with Crippen LogP contribution in [-0.4, -0.2) is 18.5 Å². The van der Waals surface area contributed by atoms with E-state index in [2.05, 4.69) is 37.4 Å². The van der Waals surface area contributed by atoms with Crippen LogP contribution in [0.4, 0.5) is 0 Å². The minimum Gasteiger partial charge on any atom is -0.400 e. The van der Waals surface area contributed by atoms with E-state index >= 15 is 0 Å². The molecule has 0 aliphatic heterocycles. The van der Waals surface area contributed by atoms with Crippen molar-refractivity contribution in [3.63, 3.8) is 0 Å². The van der Waals surface area contributed by atoms with Gasteiger partial charge in [0.1, 0.15) is 0 Å². The second-order valence-electron chi connectivity index (χ2n) is 2.17. The Balaban J connectivity index is 0.000000561. The van der Waals surface area contributed by atoms with Crippen molar-refractivity contribution in [3.8, 4) is 0 Å². The fourth-order valence-corrected chi connectivity index (χ4v) is 1.68. The summed E-state index contributed by atoms with van der Waals surface area (Å²) < 4.78 is 0. The van der Waals surface area contributed by atoms with Crippen LogP contribution >= 0.6 is 11.8 Å². The topological polar surface area (TPSA) is 20.2 Å². The van der Waals surface area contributed by atoms with Crippen LogP contribution in [0.15, 0.2) is 29.2 Å². The van der Waals surface area contributed by atoms with E-state index in [1.54, 1.807) is 0 Å². The average molecular weight is 184 g/mol. The van der Waals surface area contributed by atoms with Crippen molar-refractivity contribution in [2.45, 2.75) is 18.2 Å². The molecule has 0 saturated carbocycles. The van der Waals surface area contributed by atoms with Gasteiger partial charge in [-0.3, -0.25) is 0 Å². The molecule has 1 aromatic carbocycles. The van der Waals surface area contributed by atoms with Gasteiger partial charge in [-0.2, -0.15) is 0 Å². The first kappa shape index (κ1) is 11.5. The number of hydrogen-bond donors (Lipinski definition) is 1. The summed E-state index contributed by atoms with van der Waals surface area (Å²) in [5.41, 5.74) is 1.45. The van der Waals surface area contributed by atoms with Gasteiger partial charge in [-0.15, -0.1) is 11.8 Å². The first-order valence-corrected chi connectivity index (χ1v) is 5.17. The number of aliphatic hydroxyl groups is 1. The number of rotatable bonds is 2. The molecule has 0 aliphatic rings. The van der Waals surface area contributed by atoms with Crippen LogP contribution < -0.4 is 0 Å². The molecule has 12 heavy (non-hydrogen) atoms. The highest BCUT2D eigenvalue weighted by atomic mass is 32.2. The van der Waals surface area contributed by atoms with Crippen molar-refractivity contribution >= 4 is 11.8 Å². The third kappa shape index (κ3) is 3.28. The molecule has 0 unspecified atom stereocenters. The Hall–Kier alpha value is -0.470. The summed E-state index contributed by atoms with van der Waals surface area (Å²) in [6.07, 6.45) is 3.26.